The highest BCUT2D eigenvalue weighted by Crippen LogP contribution is 2.27. The van der Waals surface area contributed by atoms with Crippen molar-refractivity contribution in [2.75, 3.05) is 25.0 Å². The van der Waals surface area contributed by atoms with Gasteiger partial charge in [-0.1, -0.05) is 6.07 Å². The Morgan fingerprint density at radius 2 is 1.86 bits per heavy atom. The third kappa shape index (κ3) is 3.73. The maximum absolute atomic E-state index is 5.33. The summed E-state index contributed by atoms with van der Waals surface area (Å²) < 4.78 is 10.5. The lowest BCUT2D eigenvalue weighted by Gasteiger charge is -2.11. The fourth-order valence-electron chi connectivity index (χ4n) is 1.91. The van der Waals surface area contributed by atoms with Crippen LogP contribution in [0.15, 0.2) is 24.3 Å². The SMILES string of the molecule is COc1ccc(CNc2cc(C)nc(NN)n2)cc1OC. The second-order valence-corrected chi connectivity index (χ2v) is 4.41. The second-order valence-electron chi connectivity index (χ2n) is 4.41. The number of hydrazine groups is 1. The Morgan fingerprint density at radius 3 is 2.52 bits per heavy atom. The van der Waals surface area contributed by atoms with E-state index in [4.69, 9.17) is 15.3 Å². The Kier molecular flexibility index (Phi) is 4.78. The molecular formula is C14H19N5O2. The Morgan fingerprint density at radius 1 is 1.10 bits per heavy atom. The molecule has 0 aliphatic carbocycles. The van der Waals surface area contributed by atoms with Gasteiger partial charge in [-0.15, -0.1) is 0 Å². The summed E-state index contributed by atoms with van der Waals surface area (Å²) in [6.45, 7) is 2.48. The molecule has 7 nitrogen and oxygen atoms in total. The molecule has 1 aromatic carbocycles. The number of nitrogens with two attached hydrogens (primary N) is 1. The first-order valence-corrected chi connectivity index (χ1v) is 6.43. The number of methoxy groups -OCH3 is 2. The lowest BCUT2D eigenvalue weighted by molar-refractivity contribution is 0.354. The Hall–Kier alpha value is -2.54. The quantitative estimate of drug-likeness (QED) is 0.550. The molecule has 0 fully saturated rings. The summed E-state index contributed by atoms with van der Waals surface area (Å²) in [5.74, 6) is 7.81. The molecule has 1 aromatic heterocycles. The molecule has 0 bridgehead atoms. The molecule has 7 heteroatoms. The van der Waals surface area contributed by atoms with Crippen LogP contribution in [0.1, 0.15) is 11.3 Å². The largest absolute Gasteiger partial charge is 0.493 e. The van der Waals surface area contributed by atoms with E-state index in [9.17, 15) is 0 Å². The van der Waals surface area contributed by atoms with Gasteiger partial charge in [-0.3, -0.25) is 5.43 Å². The third-order valence-electron chi connectivity index (χ3n) is 2.90. The van der Waals surface area contributed by atoms with E-state index >= 15 is 0 Å². The minimum atomic E-state index is 0.379. The van der Waals surface area contributed by atoms with Crippen LogP contribution in [0.5, 0.6) is 11.5 Å². The first kappa shape index (κ1) is 14.9. The van der Waals surface area contributed by atoms with Crippen LogP contribution in [0, 0.1) is 6.92 Å². The second kappa shape index (κ2) is 6.76. The monoisotopic (exact) mass is 289 g/mol. The van der Waals surface area contributed by atoms with Gasteiger partial charge in [-0.2, -0.15) is 4.98 Å². The van der Waals surface area contributed by atoms with Gasteiger partial charge < -0.3 is 14.8 Å². The van der Waals surface area contributed by atoms with Crippen molar-refractivity contribution < 1.29 is 9.47 Å². The third-order valence-corrected chi connectivity index (χ3v) is 2.90. The average Bonchev–Trinajstić information content (AvgIpc) is 2.52. The van der Waals surface area contributed by atoms with Crippen LogP contribution in [-0.4, -0.2) is 24.2 Å². The van der Waals surface area contributed by atoms with E-state index in [-0.39, 0.29) is 0 Å². The number of nitrogens with zero attached hydrogens (tertiary/aromatic N) is 2. The molecule has 0 aliphatic rings. The van der Waals surface area contributed by atoms with E-state index in [0.717, 1.165) is 11.3 Å². The van der Waals surface area contributed by atoms with Crippen molar-refractivity contribution in [3.8, 4) is 11.5 Å². The fraction of sp³-hybridized carbons (Fsp3) is 0.286. The zero-order valence-electron chi connectivity index (χ0n) is 12.3. The predicted octanol–water partition coefficient (Wildman–Crippen LogP) is 1.70. The number of aryl methyl sites for hydroxylation is 1. The minimum Gasteiger partial charge on any atom is -0.493 e. The predicted molar refractivity (Wildman–Crippen MR) is 81.5 cm³/mol. The average molecular weight is 289 g/mol. The Labute approximate surface area is 123 Å². The molecule has 0 saturated heterocycles. The van der Waals surface area contributed by atoms with Gasteiger partial charge in [0.05, 0.1) is 14.2 Å². The van der Waals surface area contributed by atoms with Crippen molar-refractivity contribution >= 4 is 11.8 Å². The number of ether oxygens (including phenoxy) is 2. The van der Waals surface area contributed by atoms with E-state index in [0.29, 0.717) is 29.8 Å². The Bertz CT molecular complexity index is 618. The zero-order chi connectivity index (χ0) is 15.2. The number of rotatable bonds is 6. The number of hydrogen-bond acceptors (Lipinski definition) is 7. The van der Waals surface area contributed by atoms with Gasteiger partial charge in [0.2, 0.25) is 5.95 Å². The first-order valence-electron chi connectivity index (χ1n) is 6.43. The lowest BCUT2D eigenvalue weighted by Crippen LogP contribution is -2.12. The van der Waals surface area contributed by atoms with Crippen molar-refractivity contribution in [3.05, 3.63) is 35.5 Å². The van der Waals surface area contributed by atoms with Gasteiger partial charge >= 0.3 is 0 Å². The molecule has 0 unspecified atom stereocenters. The smallest absolute Gasteiger partial charge is 0.239 e. The molecule has 2 aromatic rings. The van der Waals surface area contributed by atoms with Crippen molar-refractivity contribution in [2.45, 2.75) is 13.5 Å². The van der Waals surface area contributed by atoms with Crippen LogP contribution in [0.25, 0.3) is 0 Å². The van der Waals surface area contributed by atoms with Crippen LogP contribution in [-0.2, 0) is 6.54 Å². The lowest BCUT2D eigenvalue weighted by atomic mass is 10.2. The topological polar surface area (TPSA) is 94.3 Å². The van der Waals surface area contributed by atoms with Crippen LogP contribution < -0.4 is 26.1 Å². The maximum Gasteiger partial charge on any atom is 0.239 e. The Balaban J connectivity index is 2.11. The van der Waals surface area contributed by atoms with E-state index in [1.54, 1.807) is 14.2 Å². The van der Waals surface area contributed by atoms with Gasteiger partial charge in [0.15, 0.2) is 11.5 Å². The maximum atomic E-state index is 5.33. The zero-order valence-corrected chi connectivity index (χ0v) is 12.3. The number of hydrogen-bond donors (Lipinski definition) is 3. The molecule has 21 heavy (non-hydrogen) atoms. The molecule has 2 rings (SSSR count). The molecule has 112 valence electrons. The highest BCUT2D eigenvalue weighted by Gasteiger charge is 2.05. The summed E-state index contributed by atoms with van der Waals surface area (Å²) in [6.07, 6.45) is 0. The van der Waals surface area contributed by atoms with E-state index < -0.39 is 0 Å². The van der Waals surface area contributed by atoms with Crippen LogP contribution in [0.3, 0.4) is 0 Å². The summed E-state index contributed by atoms with van der Waals surface area (Å²) in [4.78, 5) is 8.36. The van der Waals surface area contributed by atoms with Crippen LogP contribution in [0.2, 0.25) is 0 Å². The first-order chi connectivity index (χ1) is 10.2. The molecule has 0 saturated carbocycles. The van der Waals surface area contributed by atoms with Gasteiger partial charge in [0.1, 0.15) is 5.82 Å². The van der Waals surface area contributed by atoms with Crippen LogP contribution >= 0.6 is 0 Å². The summed E-state index contributed by atoms with van der Waals surface area (Å²) in [6, 6.07) is 7.60. The molecule has 0 radical (unpaired) electrons. The molecule has 0 aliphatic heterocycles. The van der Waals surface area contributed by atoms with E-state index in [1.807, 2.05) is 31.2 Å². The van der Waals surface area contributed by atoms with E-state index in [2.05, 4.69) is 20.7 Å². The van der Waals surface area contributed by atoms with Gasteiger partial charge in [0.25, 0.3) is 0 Å². The highest BCUT2D eigenvalue weighted by molar-refractivity contribution is 5.46. The number of aromatic nitrogens is 2. The summed E-state index contributed by atoms with van der Waals surface area (Å²) in [5, 5.41) is 3.22. The highest BCUT2D eigenvalue weighted by atomic mass is 16.5. The standard InChI is InChI=1S/C14H19N5O2/c1-9-6-13(18-14(17-9)19-15)16-8-10-4-5-11(20-2)12(7-10)21-3/h4-7H,8,15H2,1-3H3,(H2,16,17,18,19). The number of benzene rings is 1. The van der Waals surface area contributed by atoms with Crippen molar-refractivity contribution in [3.63, 3.8) is 0 Å². The van der Waals surface area contributed by atoms with Gasteiger partial charge in [-0.05, 0) is 24.6 Å². The molecular weight excluding hydrogens is 270 g/mol. The van der Waals surface area contributed by atoms with Crippen molar-refractivity contribution in [1.82, 2.24) is 9.97 Å². The number of nitrogens with one attached hydrogen (secondary N) is 2. The van der Waals surface area contributed by atoms with Crippen molar-refractivity contribution in [2.24, 2.45) is 5.84 Å². The normalized spacial score (nSPS) is 10.1. The summed E-state index contributed by atoms with van der Waals surface area (Å²) >= 11 is 0. The molecule has 1 heterocycles. The molecule has 4 N–H and O–H groups in total. The summed E-state index contributed by atoms with van der Waals surface area (Å²) in [7, 11) is 3.23. The van der Waals surface area contributed by atoms with E-state index in [1.165, 1.54) is 0 Å². The van der Waals surface area contributed by atoms with Gasteiger partial charge in [-0.25, -0.2) is 10.8 Å². The van der Waals surface area contributed by atoms with Gasteiger partial charge in [0, 0.05) is 18.3 Å². The van der Waals surface area contributed by atoms with Crippen molar-refractivity contribution in [1.29, 1.82) is 0 Å². The number of anilines is 2. The van der Waals surface area contributed by atoms with Crippen LogP contribution in [0.4, 0.5) is 11.8 Å². The minimum absolute atomic E-state index is 0.379. The summed E-state index contributed by atoms with van der Waals surface area (Å²) in [5.41, 5.74) is 4.31. The fourth-order valence-corrected chi connectivity index (χ4v) is 1.91. The molecule has 0 spiro atoms. The molecule has 0 amide bonds. The molecule has 0 atom stereocenters. The number of nitrogen functional groups attached to an aromatic ring is 1.